The molecule has 1 aliphatic heterocycles. The number of carbonyl (C=O) groups is 1. The number of anilines is 2. The first-order valence-corrected chi connectivity index (χ1v) is 13.3. The first-order chi connectivity index (χ1) is 20.1. The molecule has 1 saturated carbocycles. The number of nitrogens with zero attached hydrogens (tertiary/aromatic N) is 3. The van der Waals surface area contributed by atoms with E-state index < -0.39 is 47.9 Å². The van der Waals surface area contributed by atoms with Crippen molar-refractivity contribution < 1.29 is 27.8 Å². The molecule has 1 amide bonds. The van der Waals surface area contributed by atoms with Gasteiger partial charge in [0.15, 0.2) is 0 Å². The molecule has 42 heavy (non-hydrogen) atoms. The summed E-state index contributed by atoms with van der Waals surface area (Å²) in [5, 5.41) is 23.8. The molecule has 6 N–H and O–H groups in total. The number of ether oxygens (including phenoxy) is 1. The van der Waals surface area contributed by atoms with Crippen LogP contribution in [0.15, 0.2) is 76.8 Å². The molecular weight excluding hydrogens is 551 g/mol. The Morgan fingerprint density at radius 1 is 1.14 bits per heavy atom. The van der Waals surface area contributed by atoms with Crippen molar-refractivity contribution in [3.63, 3.8) is 0 Å². The largest absolute Gasteiger partial charge is 0.417 e. The molecular formula is C29H30F3N7O3. The van der Waals surface area contributed by atoms with E-state index in [1.54, 1.807) is 24.3 Å². The molecule has 0 spiro atoms. The third-order valence-corrected chi connectivity index (χ3v) is 6.44. The predicted molar refractivity (Wildman–Crippen MR) is 154 cm³/mol. The van der Waals surface area contributed by atoms with Crippen LogP contribution < -0.4 is 16.4 Å². The van der Waals surface area contributed by atoms with Gasteiger partial charge in [0.2, 0.25) is 12.1 Å². The van der Waals surface area contributed by atoms with Crippen molar-refractivity contribution in [2.45, 2.75) is 51.2 Å². The molecule has 2 aromatic carbocycles. The number of nitrogens with two attached hydrogens (primary N) is 1. The Morgan fingerprint density at radius 3 is 2.48 bits per heavy atom. The number of benzene rings is 2. The summed E-state index contributed by atoms with van der Waals surface area (Å²) in [6.45, 7) is 4.00. The number of aliphatic hydroxyl groups is 1. The lowest BCUT2D eigenvalue weighted by atomic mass is 9.89. The van der Waals surface area contributed by atoms with E-state index in [-0.39, 0.29) is 11.4 Å². The Kier molecular flexibility index (Phi) is 9.21. The minimum absolute atomic E-state index is 0.164. The van der Waals surface area contributed by atoms with E-state index in [9.17, 15) is 23.1 Å². The van der Waals surface area contributed by atoms with Crippen molar-refractivity contribution in [3.8, 4) is 0 Å². The van der Waals surface area contributed by atoms with Crippen molar-refractivity contribution in [2.75, 3.05) is 10.6 Å². The topological polar surface area (TPSA) is 158 Å². The van der Waals surface area contributed by atoms with E-state index in [1.165, 1.54) is 0 Å². The number of nitrogens with one attached hydrogen (secondary N) is 3. The van der Waals surface area contributed by atoms with E-state index >= 15 is 0 Å². The average Bonchev–Trinajstić information content (AvgIpc) is 3.11. The number of fused-ring (bicyclic) bond motifs is 1. The van der Waals surface area contributed by atoms with Gasteiger partial charge in [-0.15, -0.1) is 0 Å². The zero-order valence-electron chi connectivity index (χ0n) is 22.8. The molecule has 1 aromatic heterocycles. The van der Waals surface area contributed by atoms with Crippen LogP contribution in [-0.4, -0.2) is 51.9 Å². The number of halogens is 3. The maximum absolute atomic E-state index is 13.3. The first kappa shape index (κ1) is 30.2. The number of carbonyl (C=O) groups excluding carboxylic acids is 1. The van der Waals surface area contributed by atoms with Crippen LogP contribution >= 0.6 is 0 Å². The fourth-order valence-corrected chi connectivity index (χ4v) is 4.22. The summed E-state index contributed by atoms with van der Waals surface area (Å²) in [5.74, 6) is -1.32. The van der Waals surface area contributed by atoms with E-state index in [0.717, 1.165) is 11.6 Å². The third kappa shape index (κ3) is 6.74. The van der Waals surface area contributed by atoms with Crippen molar-refractivity contribution in [1.29, 1.82) is 5.41 Å². The minimum atomic E-state index is -4.68. The number of pyridine rings is 1. The Morgan fingerprint density at radius 2 is 1.83 bits per heavy atom. The van der Waals surface area contributed by atoms with Gasteiger partial charge in [-0.3, -0.25) is 10.2 Å². The fraction of sp³-hybridized carbons (Fsp3) is 0.276. The number of hydrogen-bond acceptors (Lipinski definition) is 8. The van der Waals surface area contributed by atoms with Gasteiger partial charge in [-0.25, -0.2) is 9.98 Å². The number of amides is 1. The van der Waals surface area contributed by atoms with Crippen molar-refractivity contribution in [3.05, 3.63) is 89.2 Å². The van der Waals surface area contributed by atoms with E-state index in [4.69, 9.17) is 15.9 Å². The van der Waals surface area contributed by atoms with Crippen LogP contribution in [0.1, 0.15) is 49.1 Å². The van der Waals surface area contributed by atoms with Crippen LogP contribution in [-0.2, 0) is 15.7 Å². The molecule has 0 radical (unpaired) electrons. The number of alkyl halides is 3. The second-order valence-corrected chi connectivity index (χ2v) is 9.16. The summed E-state index contributed by atoms with van der Waals surface area (Å²) in [6, 6.07) is 15.9. The monoisotopic (exact) mass is 581 g/mol. The van der Waals surface area contributed by atoms with Gasteiger partial charge >= 0.3 is 6.18 Å². The molecule has 13 heteroatoms. The van der Waals surface area contributed by atoms with Crippen molar-refractivity contribution >= 4 is 34.9 Å². The normalized spacial score (nSPS) is 20.0. The molecule has 1 aliphatic carbocycles. The second kappa shape index (κ2) is 12.8. The lowest BCUT2D eigenvalue weighted by Crippen LogP contribution is -2.43. The molecule has 3 atom stereocenters. The molecule has 3 unspecified atom stereocenters. The first-order valence-electron chi connectivity index (χ1n) is 13.3. The highest BCUT2D eigenvalue weighted by atomic mass is 19.4. The lowest BCUT2D eigenvalue weighted by molar-refractivity contribution is -0.137. The maximum Gasteiger partial charge on any atom is 0.417 e. The van der Waals surface area contributed by atoms with Crippen LogP contribution in [0.2, 0.25) is 0 Å². The number of aliphatic hydroxyl groups excluding tert-OH is 1. The number of benzodiazepines with no additional fused rings is 1. The summed E-state index contributed by atoms with van der Waals surface area (Å²) >= 11 is 0. The lowest BCUT2D eigenvalue weighted by Gasteiger charge is -2.34. The molecule has 2 heterocycles. The number of hydrogen-bond donors (Lipinski definition) is 5. The standard InChI is InChI=1S/C27H24F3N7O3.C2H6/c28-27(29,30)15-12-19(34-18-10-11-20(18)38)22(33-13-15)23(31)40-26(32)37-24-25(39)35-17-9-5-4-8-16(17)21(36-24)14-6-2-1-3-7-14;1-2/h1-9,12-13,18,20,24,31,34,38H,10-11H2,(H2,32,37)(H,35,39);1-2H3. The summed E-state index contributed by atoms with van der Waals surface area (Å²) in [7, 11) is 0. The van der Waals surface area contributed by atoms with Gasteiger partial charge in [0, 0.05) is 17.3 Å². The zero-order chi connectivity index (χ0) is 30.4. The van der Waals surface area contributed by atoms with Gasteiger partial charge in [-0.05, 0) is 25.0 Å². The van der Waals surface area contributed by atoms with Crippen LogP contribution in [0, 0.1) is 5.41 Å². The highest BCUT2D eigenvalue weighted by Crippen LogP contribution is 2.33. The summed E-state index contributed by atoms with van der Waals surface area (Å²) < 4.78 is 45.2. The highest BCUT2D eigenvalue weighted by Gasteiger charge is 2.35. The molecule has 10 nitrogen and oxygen atoms in total. The van der Waals surface area contributed by atoms with Gasteiger partial charge in [0.25, 0.3) is 11.9 Å². The summed E-state index contributed by atoms with van der Waals surface area (Å²) in [6.07, 6.45) is -5.24. The Labute approximate surface area is 240 Å². The van der Waals surface area contributed by atoms with Crippen LogP contribution in [0.4, 0.5) is 24.5 Å². The van der Waals surface area contributed by atoms with Gasteiger partial charge in [-0.2, -0.15) is 18.2 Å². The SMILES string of the molecule is CC.N=C(O/C(N)=N/C1N=C(c2ccccc2)c2ccccc2NC1=O)c1ncc(C(F)(F)F)cc1NC1CCC1O. The Hall–Kier alpha value is -4.78. The van der Waals surface area contributed by atoms with Gasteiger partial charge in [-0.1, -0.05) is 62.4 Å². The van der Waals surface area contributed by atoms with E-state index in [1.807, 2.05) is 44.2 Å². The zero-order valence-corrected chi connectivity index (χ0v) is 22.8. The molecule has 220 valence electrons. The fourth-order valence-electron chi connectivity index (χ4n) is 4.22. The minimum Gasteiger partial charge on any atom is -0.405 e. The van der Waals surface area contributed by atoms with E-state index in [0.29, 0.717) is 36.0 Å². The van der Waals surface area contributed by atoms with Gasteiger partial charge in [0.05, 0.1) is 34.8 Å². The third-order valence-electron chi connectivity index (χ3n) is 6.44. The van der Waals surface area contributed by atoms with Crippen molar-refractivity contribution in [1.82, 2.24) is 4.98 Å². The number of aliphatic imine (C=N–C) groups is 2. The summed E-state index contributed by atoms with van der Waals surface area (Å²) in [4.78, 5) is 25.3. The maximum atomic E-state index is 13.3. The van der Waals surface area contributed by atoms with E-state index in [2.05, 4.69) is 25.6 Å². The second-order valence-electron chi connectivity index (χ2n) is 9.16. The van der Waals surface area contributed by atoms with Gasteiger partial charge in [0.1, 0.15) is 5.69 Å². The van der Waals surface area contributed by atoms with Crippen LogP contribution in [0.25, 0.3) is 0 Å². The quantitative estimate of drug-likeness (QED) is 0.220. The van der Waals surface area contributed by atoms with Gasteiger partial charge < -0.3 is 26.2 Å². The van der Waals surface area contributed by atoms with Crippen LogP contribution in [0.3, 0.4) is 0 Å². The molecule has 0 saturated heterocycles. The molecule has 2 aliphatic rings. The number of rotatable bonds is 5. The number of amidine groups is 1. The average molecular weight is 582 g/mol. The number of para-hydroxylation sites is 1. The molecule has 1 fully saturated rings. The van der Waals surface area contributed by atoms with Crippen molar-refractivity contribution in [2.24, 2.45) is 15.7 Å². The molecule has 5 rings (SSSR count). The highest BCUT2D eigenvalue weighted by molar-refractivity contribution is 6.19. The Balaban J connectivity index is 0.00000198. The summed E-state index contributed by atoms with van der Waals surface area (Å²) in [5.41, 5.74) is 6.81. The Bertz CT molecular complexity index is 1510. The van der Waals surface area contributed by atoms with Crippen LogP contribution in [0.5, 0.6) is 0 Å². The predicted octanol–water partition coefficient (Wildman–Crippen LogP) is 4.53. The molecule has 3 aromatic rings. The number of aromatic nitrogens is 1. The molecule has 0 bridgehead atoms. The smallest absolute Gasteiger partial charge is 0.405 e.